The lowest BCUT2D eigenvalue weighted by atomic mass is 9.93. The SMILES string of the molecule is CC(C)(N=[N+]=[N-])c1cnc(OC[C@@H]2C[C@H]2C(=O)O)c2cnc(Cl)cc12. The molecule has 0 aliphatic heterocycles. The first-order chi connectivity index (χ1) is 11.8. The number of carboxylic acid groups (broad SMARTS) is 1. The molecule has 1 N–H and O–H groups in total. The van der Waals surface area contributed by atoms with Crippen LogP contribution < -0.4 is 4.74 Å². The van der Waals surface area contributed by atoms with Gasteiger partial charge in [-0.25, -0.2) is 9.97 Å². The number of aliphatic carboxylic acids is 1. The number of aromatic nitrogens is 2. The molecule has 0 amide bonds. The molecule has 1 aliphatic rings. The van der Waals surface area contributed by atoms with Gasteiger partial charge in [-0.05, 0) is 29.0 Å². The number of hydrogen-bond donors (Lipinski definition) is 1. The van der Waals surface area contributed by atoms with E-state index in [-0.39, 0.29) is 18.4 Å². The molecule has 2 heterocycles. The molecule has 1 fully saturated rings. The van der Waals surface area contributed by atoms with Gasteiger partial charge in [-0.15, -0.1) is 0 Å². The van der Waals surface area contributed by atoms with Crippen LogP contribution in [-0.4, -0.2) is 27.7 Å². The number of carbonyl (C=O) groups is 1. The highest BCUT2D eigenvalue weighted by molar-refractivity contribution is 6.30. The Kier molecular flexibility index (Phi) is 4.41. The van der Waals surface area contributed by atoms with E-state index in [1.165, 1.54) is 0 Å². The van der Waals surface area contributed by atoms with Gasteiger partial charge in [0.05, 0.1) is 23.4 Å². The normalized spacial score (nSPS) is 19.3. The van der Waals surface area contributed by atoms with Gasteiger partial charge in [-0.1, -0.05) is 30.6 Å². The Hall–Kier alpha value is -2.57. The summed E-state index contributed by atoms with van der Waals surface area (Å²) in [5.74, 6) is -0.794. The number of hydrogen-bond acceptors (Lipinski definition) is 5. The van der Waals surface area contributed by atoms with Gasteiger partial charge in [0, 0.05) is 23.2 Å². The molecule has 1 aliphatic carbocycles. The second kappa shape index (κ2) is 6.38. The minimum atomic E-state index is -0.825. The van der Waals surface area contributed by atoms with E-state index in [0.717, 1.165) is 5.39 Å². The Labute approximate surface area is 148 Å². The van der Waals surface area contributed by atoms with Crippen LogP contribution in [0.4, 0.5) is 0 Å². The summed E-state index contributed by atoms with van der Waals surface area (Å²) in [7, 11) is 0. The van der Waals surface area contributed by atoms with E-state index in [4.69, 9.17) is 27.0 Å². The molecule has 0 saturated heterocycles. The highest BCUT2D eigenvalue weighted by Crippen LogP contribution is 2.40. The predicted molar refractivity (Wildman–Crippen MR) is 91.4 cm³/mol. The van der Waals surface area contributed by atoms with E-state index < -0.39 is 11.5 Å². The average molecular weight is 362 g/mol. The van der Waals surface area contributed by atoms with Gasteiger partial charge in [0.1, 0.15) is 5.15 Å². The Balaban J connectivity index is 1.96. The van der Waals surface area contributed by atoms with Crippen LogP contribution in [0.25, 0.3) is 21.2 Å². The molecule has 0 unspecified atom stereocenters. The third-order valence-electron chi connectivity index (χ3n) is 4.33. The number of rotatable bonds is 6. The highest BCUT2D eigenvalue weighted by Gasteiger charge is 2.43. The zero-order chi connectivity index (χ0) is 18.2. The molecule has 0 spiro atoms. The van der Waals surface area contributed by atoms with Crippen molar-refractivity contribution in [2.24, 2.45) is 17.0 Å². The van der Waals surface area contributed by atoms with E-state index in [2.05, 4.69) is 20.0 Å². The second-order valence-electron chi connectivity index (χ2n) is 6.53. The van der Waals surface area contributed by atoms with Crippen LogP contribution in [0, 0.1) is 11.8 Å². The smallest absolute Gasteiger partial charge is 0.306 e. The maximum atomic E-state index is 10.9. The van der Waals surface area contributed by atoms with Crippen LogP contribution in [0.15, 0.2) is 23.6 Å². The van der Waals surface area contributed by atoms with Crippen molar-refractivity contribution in [1.82, 2.24) is 9.97 Å². The molecule has 9 heteroatoms. The van der Waals surface area contributed by atoms with Crippen molar-refractivity contribution < 1.29 is 14.6 Å². The zero-order valence-corrected chi connectivity index (χ0v) is 14.4. The zero-order valence-electron chi connectivity index (χ0n) is 13.7. The quantitative estimate of drug-likeness (QED) is 0.361. The minimum absolute atomic E-state index is 0.00563. The van der Waals surface area contributed by atoms with Gasteiger partial charge in [0.15, 0.2) is 0 Å². The van der Waals surface area contributed by atoms with Crippen molar-refractivity contribution in [3.8, 4) is 5.88 Å². The topological polar surface area (TPSA) is 121 Å². The number of halogens is 1. The minimum Gasteiger partial charge on any atom is -0.481 e. The van der Waals surface area contributed by atoms with Crippen LogP contribution in [0.3, 0.4) is 0 Å². The van der Waals surface area contributed by atoms with Crippen LogP contribution in [0.5, 0.6) is 5.88 Å². The molecule has 0 bridgehead atoms. The molecule has 0 radical (unpaired) electrons. The number of ether oxygens (including phenoxy) is 1. The van der Waals surface area contributed by atoms with Gasteiger partial charge >= 0.3 is 5.97 Å². The number of azide groups is 1. The molecular formula is C16H16ClN5O3. The van der Waals surface area contributed by atoms with E-state index >= 15 is 0 Å². The third-order valence-corrected chi connectivity index (χ3v) is 4.54. The van der Waals surface area contributed by atoms with E-state index in [9.17, 15) is 4.79 Å². The summed E-state index contributed by atoms with van der Waals surface area (Å²) in [4.78, 5) is 22.2. The van der Waals surface area contributed by atoms with Gasteiger partial charge in [-0.2, -0.15) is 0 Å². The predicted octanol–water partition coefficient (Wildman–Crippen LogP) is 3.93. The van der Waals surface area contributed by atoms with Gasteiger partial charge < -0.3 is 9.84 Å². The summed E-state index contributed by atoms with van der Waals surface area (Å²) in [5, 5.41) is 14.5. The largest absolute Gasteiger partial charge is 0.481 e. The van der Waals surface area contributed by atoms with E-state index in [0.29, 0.717) is 28.4 Å². The van der Waals surface area contributed by atoms with E-state index in [1.54, 1.807) is 32.3 Å². The van der Waals surface area contributed by atoms with Gasteiger partial charge in [0.2, 0.25) is 5.88 Å². The molecule has 130 valence electrons. The van der Waals surface area contributed by atoms with Crippen molar-refractivity contribution in [1.29, 1.82) is 0 Å². The van der Waals surface area contributed by atoms with Crippen molar-refractivity contribution >= 4 is 28.3 Å². The molecular weight excluding hydrogens is 346 g/mol. The summed E-state index contributed by atoms with van der Waals surface area (Å²) in [6.07, 6.45) is 3.75. The fourth-order valence-electron chi connectivity index (χ4n) is 2.77. The van der Waals surface area contributed by atoms with E-state index in [1.807, 2.05) is 0 Å². The van der Waals surface area contributed by atoms with Crippen LogP contribution in [0.2, 0.25) is 5.15 Å². The Morgan fingerprint density at radius 2 is 2.24 bits per heavy atom. The third kappa shape index (κ3) is 3.45. The lowest BCUT2D eigenvalue weighted by Gasteiger charge is -2.21. The fourth-order valence-corrected chi connectivity index (χ4v) is 2.93. The molecule has 0 aromatic carbocycles. The molecule has 1 saturated carbocycles. The summed E-state index contributed by atoms with van der Waals surface area (Å²) in [6.45, 7) is 3.83. The number of carboxylic acids is 1. The fraction of sp³-hybridized carbons (Fsp3) is 0.438. The number of nitrogens with zero attached hydrogens (tertiary/aromatic N) is 5. The second-order valence-corrected chi connectivity index (χ2v) is 6.92. The maximum Gasteiger partial charge on any atom is 0.306 e. The molecule has 3 rings (SSSR count). The lowest BCUT2D eigenvalue weighted by Crippen LogP contribution is -2.15. The first-order valence-electron chi connectivity index (χ1n) is 7.70. The number of pyridine rings is 2. The van der Waals surface area contributed by atoms with Crippen LogP contribution >= 0.6 is 11.6 Å². The van der Waals surface area contributed by atoms with Crippen molar-refractivity contribution in [2.45, 2.75) is 25.8 Å². The van der Waals surface area contributed by atoms with Gasteiger partial charge in [0.25, 0.3) is 0 Å². The van der Waals surface area contributed by atoms with Crippen LogP contribution in [-0.2, 0) is 10.3 Å². The lowest BCUT2D eigenvalue weighted by molar-refractivity contribution is -0.138. The van der Waals surface area contributed by atoms with Crippen LogP contribution in [0.1, 0.15) is 25.8 Å². The number of fused-ring (bicyclic) bond motifs is 1. The Morgan fingerprint density at radius 1 is 1.48 bits per heavy atom. The Morgan fingerprint density at radius 3 is 2.88 bits per heavy atom. The summed E-state index contributed by atoms with van der Waals surface area (Å²) < 4.78 is 5.73. The van der Waals surface area contributed by atoms with Gasteiger partial charge in [-0.3, -0.25) is 4.79 Å². The molecule has 25 heavy (non-hydrogen) atoms. The monoisotopic (exact) mass is 361 g/mol. The highest BCUT2D eigenvalue weighted by atomic mass is 35.5. The summed E-state index contributed by atoms with van der Waals surface area (Å²) in [6, 6.07) is 1.67. The molecule has 8 nitrogen and oxygen atoms in total. The average Bonchev–Trinajstić information content (AvgIpc) is 3.32. The molecule has 2 aromatic heterocycles. The summed E-state index contributed by atoms with van der Waals surface area (Å²) >= 11 is 6.02. The maximum absolute atomic E-state index is 10.9. The molecule has 2 atom stereocenters. The summed E-state index contributed by atoms with van der Waals surface area (Å²) in [5.41, 5.74) is 8.67. The van der Waals surface area contributed by atoms with Crippen molar-refractivity contribution in [3.05, 3.63) is 39.6 Å². The van der Waals surface area contributed by atoms with Crippen molar-refractivity contribution in [2.75, 3.05) is 6.61 Å². The first kappa shape index (κ1) is 17.3. The molecule has 2 aromatic rings. The standard InChI is InChI=1S/C16H16ClN5O3/c1-16(2,21-22-18)12-6-20-14(11-5-19-13(17)4-10(11)12)25-7-8-3-9(8)15(23)24/h4-6,8-9H,3,7H2,1-2H3,(H,23,24)/t8-,9+/m0/s1. The Bertz CT molecular complexity index is 895. The van der Waals surface area contributed by atoms with Crippen molar-refractivity contribution in [3.63, 3.8) is 0 Å². The first-order valence-corrected chi connectivity index (χ1v) is 8.08.